The lowest BCUT2D eigenvalue weighted by atomic mass is 10.1. The van der Waals surface area contributed by atoms with Gasteiger partial charge in [-0.05, 0) is 24.6 Å². The molecule has 35 heavy (non-hydrogen) atoms. The van der Waals surface area contributed by atoms with Crippen molar-refractivity contribution in [3.05, 3.63) is 60.2 Å². The molecule has 2 N–H and O–H groups in total. The second kappa shape index (κ2) is 11.4. The van der Waals surface area contributed by atoms with Crippen LogP contribution in [0.5, 0.6) is 6.01 Å². The Bertz CT molecular complexity index is 1150. The number of piperidine rings is 1. The van der Waals surface area contributed by atoms with Crippen molar-refractivity contribution in [1.29, 1.82) is 0 Å². The van der Waals surface area contributed by atoms with E-state index >= 15 is 0 Å². The monoisotopic (exact) mass is 486 g/mol. The van der Waals surface area contributed by atoms with E-state index in [1.807, 2.05) is 0 Å². The standard InChI is InChI=1S/C23H24F2N6O4/c24-8-3-9-26-20(32)15-5-1-2-6-17(15)29-21(33)18-14-34-23(30-18)31-12-7-19(16(25)13-31)35-22-27-10-4-11-28-22/h1-2,4-6,10-11,14,16,19H,3,7-9,12-13H2,(H,26,32)(H,29,33)/t16-,19+/m1/s1. The Hall–Kier alpha value is -4.09. The van der Waals surface area contributed by atoms with Crippen molar-refractivity contribution >= 4 is 23.5 Å². The number of aromatic nitrogens is 3. The third-order valence-electron chi connectivity index (χ3n) is 5.29. The quantitative estimate of drug-likeness (QED) is 0.443. The van der Waals surface area contributed by atoms with Crippen LogP contribution in [0.1, 0.15) is 33.7 Å². The zero-order valence-corrected chi connectivity index (χ0v) is 18.7. The lowest BCUT2D eigenvalue weighted by Gasteiger charge is -2.33. The number of anilines is 2. The number of para-hydroxylation sites is 1. The normalized spacial score (nSPS) is 17.6. The first-order valence-electron chi connectivity index (χ1n) is 11.1. The van der Waals surface area contributed by atoms with E-state index in [9.17, 15) is 18.4 Å². The third kappa shape index (κ3) is 6.08. The summed E-state index contributed by atoms with van der Waals surface area (Å²) in [4.78, 5) is 38.7. The molecule has 184 valence electrons. The van der Waals surface area contributed by atoms with E-state index in [1.165, 1.54) is 18.7 Å². The van der Waals surface area contributed by atoms with Crippen LogP contribution in [0, 0.1) is 0 Å². The maximum absolute atomic E-state index is 14.7. The van der Waals surface area contributed by atoms with Crippen molar-refractivity contribution in [3.63, 3.8) is 0 Å². The average molecular weight is 486 g/mol. The molecule has 1 aliphatic rings. The van der Waals surface area contributed by atoms with Crippen LogP contribution in [0.15, 0.2) is 53.4 Å². The molecule has 3 aromatic rings. The Morgan fingerprint density at radius 2 is 1.97 bits per heavy atom. The zero-order valence-electron chi connectivity index (χ0n) is 18.7. The average Bonchev–Trinajstić information content (AvgIpc) is 3.37. The summed E-state index contributed by atoms with van der Waals surface area (Å²) < 4.78 is 38.0. The van der Waals surface area contributed by atoms with Crippen molar-refractivity contribution in [3.8, 4) is 6.01 Å². The molecule has 1 aromatic carbocycles. The Labute approximate surface area is 199 Å². The van der Waals surface area contributed by atoms with Gasteiger partial charge >= 0.3 is 6.01 Å². The van der Waals surface area contributed by atoms with Crippen LogP contribution in [-0.2, 0) is 0 Å². The molecule has 10 nitrogen and oxygen atoms in total. The predicted octanol–water partition coefficient (Wildman–Crippen LogP) is 2.80. The Kier molecular flexibility index (Phi) is 7.81. The molecule has 2 atom stereocenters. The van der Waals surface area contributed by atoms with Crippen LogP contribution in [0.25, 0.3) is 0 Å². The summed E-state index contributed by atoms with van der Waals surface area (Å²) in [5, 5.41) is 5.23. The number of amides is 2. The smallest absolute Gasteiger partial charge is 0.316 e. The van der Waals surface area contributed by atoms with Gasteiger partial charge in [0, 0.05) is 31.9 Å². The number of nitrogens with one attached hydrogen (secondary N) is 2. The topological polar surface area (TPSA) is 122 Å². The number of rotatable bonds is 9. The number of ether oxygens (including phenoxy) is 1. The van der Waals surface area contributed by atoms with E-state index in [0.29, 0.717) is 13.0 Å². The van der Waals surface area contributed by atoms with Crippen molar-refractivity contribution in [2.45, 2.75) is 25.1 Å². The first-order chi connectivity index (χ1) is 17.0. The van der Waals surface area contributed by atoms with E-state index in [1.54, 1.807) is 35.2 Å². The fourth-order valence-corrected chi connectivity index (χ4v) is 3.53. The minimum absolute atomic E-state index is 0.0286. The van der Waals surface area contributed by atoms with Gasteiger partial charge < -0.3 is 24.7 Å². The van der Waals surface area contributed by atoms with Crippen LogP contribution < -0.4 is 20.3 Å². The van der Waals surface area contributed by atoms with Gasteiger partial charge in [-0.15, -0.1) is 0 Å². The number of hydrogen-bond acceptors (Lipinski definition) is 8. The highest BCUT2D eigenvalue weighted by molar-refractivity contribution is 6.08. The van der Waals surface area contributed by atoms with E-state index in [0.717, 1.165) is 0 Å². The van der Waals surface area contributed by atoms with Crippen LogP contribution in [-0.4, -0.2) is 65.4 Å². The highest BCUT2D eigenvalue weighted by Gasteiger charge is 2.33. The number of hydrogen-bond donors (Lipinski definition) is 2. The summed E-state index contributed by atoms with van der Waals surface area (Å²) in [5.74, 6) is -1.03. The number of carbonyl (C=O) groups is 2. The molecule has 0 radical (unpaired) electrons. The molecule has 2 amide bonds. The van der Waals surface area contributed by atoms with Crippen molar-refractivity contribution < 1.29 is 27.5 Å². The largest absolute Gasteiger partial charge is 0.457 e. The molecule has 0 unspecified atom stereocenters. The van der Waals surface area contributed by atoms with E-state index in [-0.39, 0.29) is 48.5 Å². The SMILES string of the molecule is O=C(Nc1ccccc1C(=O)NCCCF)c1coc(N2CC[C@H](Oc3ncccn3)[C@H](F)C2)n1. The lowest BCUT2D eigenvalue weighted by molar-refractivity contribution is 0.0723. The summed E-state index contributed by atoms with van der Waals surface area (Å²) in [6.07, 6.45) is 2.68. The number of oxazole rings is 1. The Morgan fingerprint density at radius 3 is 2.74 bits per heavy atom. The summed E-state index contributed by atoms with van der Waals surface area (Å²) in [6.45, 7) is -0.00921. The number of nitrogens with zero attached hydrogens (tertiary/aromatic N) is 4. The maximum atomic E-state index is 14.7. The Morgan fingerprint density at radius 1 is 1.17 bits per heavy atom. The second-order valence-corrected chi connectivity index (χ2v) is 7.75. The molecule has 1 saturated heterocycles. The van der Waals surface area contributed by atoms with Crippen molar-refractivity contribution in [1.82, 2.24) is 20.3 Å². The molecule has 1 aliphatic heterocycles. The number of alkyl halides is 2. The molecule has 0 saturated carbocycles. The summed E-state index contributed by atoms with van der Waals surface area (Å²) >= 11 is 0. The molecule has 4 rings (SSSR count). The van der Waals surface area contributed by atoms with Gasteiger partial charge in [-0.3, -0.25) is 14.0 Å². The van der Waals surface area contributed by atoms with Gasteiger partial charge in [0.1, 0.15) is 12.4 Å². The third-order valence-corrected chi connectivity index (χ3v) is 5.29. The van der Waals surface area contributed by atoms with Gasteiger partial charge in [-0.25, -0.2) is 14.4 Å². The van der Waals surface area contributed by atoms with E-state index in [4.69, 9.17) is 9.15 Å². The van der Waals surface area contributed by atoms with Crippen LogP contribution in [0.3, 0.4) is 0 Å². The zero-order chi connectivity index (χ0) is 24.6. The summed E-state index contributed by atoms with van der Waals surface area (Å²) in [6, 6.07) is 8.28. The van der Waals surface area contributed by atoms with Crippen molar-refractivity contribution in [2.75, 3.05) is 36.5 Å². The first kappa shape index (κ1) is 24.0. The number of halogens is 2. The highest BCUT2D eigenvalue weighted by Crippen LogP contribution is 2.24. The highest BCUT2D eigenvalue weighted by atomic mass is 19.1. The molecule has 0 bridgehead atoms. The van der Waals surface area contributed by atoms with Gasteiger partial charge in [0.25, 0.3) is 17.8 Å². The van der Waals surface area contributed by atoms with Crippen LogP contribution in [0.2, 0.25) is 0 Å². The first-order valence-corrected chi connectivity index (χ1v) is 11.1. The van der Waals surface area contributed by atoms with Gasteiger partial charge in [0.2, 0.25) is 0 Å². The minimum atomic E-state index is -1.35. The molecule has 0 aliphatic carbocycles. The summed E-state index contributed by atoms with van der Waals surface area (Å²) in [7, 11) is 0. The lowest BCUT2D eigenvalue weighted by Crippen LogP contribution is -2.47. The van der Waals surface area contributed by atoms with Crippen LogP contribution in [0.4, 0.5) is 20.5 Å². The van der Waals surface area contributed by atoms with Gasteiger partial charge in [-0.1, -0.05) is 12.1 Å². The number of carbonyl (C=O) groups excluding carboxylic acids is 2. The van der Waals surface area contributed by atoms with E-state index < -0.39 is 30.8 Å². The van der Waals surface area contributed by atoms with Gasteiger partial charge in [0.05, 0.1) is 24.5 Å². The predicted molar refractivity (Wildman–Crippen MR) is 122 cm³/mol. The number of benzene rings is 1. The fraction of sp³-hybridized carbons (Fsp3) is 0.348. The maximum Gasteiger partial charge on any atom is 0.316 e. The fourth-order valence-electron chi connectivity index (χ4n) is 3.53. The molecule has 12 heteroatoms. The second-order valence-electron chi connectivity index (χ2n) is 7.75. The van der Waals surface area contributed by atoms with Gasteiger partial charge in [0.15, 0.2) is 11.9 Å². The summed E-state index contributed by atoms with van der Waals surface area (Å²) in [5.41, 5.74) is 0.469. The molecule has 0 spiro atoms. The molecule has 2 aromatic heterocycles. The molecule has 3 heterocycles. The van der Waals surface area contributed by atoms with E-state index in [2.05, 4.69) is 25.6 Å². The Balaban J connectivity index is 1.36. The van der Waals surface area contributed by atoms with Crippen molar-refractivity contribution in [2.24, 2.45) is 0 Å². The molecule has 1 fully saturated rings. The molecular formula is C23H24F2N6O4. The van der Waals surface area contributed by atoms with Crippen LogP contribution >= 0.6 is 0 Å². The molecular weight excluding hydrogens is 462 g/mol. The van der Waals surface area contributed by atoms with Gasteiger partial charge in [-0.2, -0.15) is 4.98 Å². The minimum Gasteiger partial charge on any atom is -0.457 e.